The molecule has 3 nitrogen and oxygen atoms in total. The molecule has 0 atom stereocenters. The smallest absolute Gasteiger partial charge is 0.399 e. The van der Waals surface area contributed by atoms with Gasteiger partial charge in [0, 0.05) is 13.7 Å². The molecule has 1 N–H and O–H groups in total. The predicted molar refractivity (Wildman–Crippen MR) is 98.0 cm³/mol. The number of hydrogen-bond donors (Lipinski definition) is 1. The minimum atomic E-state index is -0.300. The molecule has 0 unspecified atom stereocenters. The van der Waals surface area contributed by atoms with Crippen LogP contribution in [0.25, 0.3) is 0 Å². The summed E-state index contributed by atoms with van der Waals surface area (Å²) in [5.41, 5.74) is 2.82. The molecule has 1 heterocycles. The van der Waals surface area contributed by atoms with Crippen molar-refractivity contribution < 1.29 is 10.7 Å². The van der Waals surface area contributed by atoms with Gasteiger partial charge in [-0.3, -0.25) is 0 Å². The molecule has 3 rings (SSSR count). The van der Waals surface area contributed by atoms with Gasteiger partial charge >= 0.3 is 7.12 Å². The molecule has 0 aliphatic carbocycles. The standard InChI is InChI=1S/C19H24BNO2.H2/c1-18(2)19(3,4)23-20(22-18)16-12-10-15(11-13-16)14-21-17-8-6-5-7-9-17;/h5-13,21H,14H2,1-4H3;1H. The highest BCUT2D eigenvalue weighted by molar-refractivity contribution is 6.62. The lowest BCUT2D eigenvalue weighted by molar-refractivity contribution is 0.00578. The largest absolute Gasteiger partial charge is 0.494 e. The first-order chi connectivity index (χ1) is 10.9. The summed E-state index contributed by atoms with van der Waals surface area (Å²) in [5, 5.41) is 3.41. The van der Waals surface area contributed by atoms with Crippen LogP contribution in [0.5, 0.6) is 0 Å². The fourth-order valence-electron chi connectivity index (χ4n) is 2.53. The van der Waals surface area contributed by atoms with Gasteiger partial charge in [0.15, 0.2) is 0 Å². The van der Waals surface area contributed by atoms with Gasteiger partial charge in [0.2, 0.25) is 0 Å². The Morgan fingerprint density at radius 3 is 2.00 bits per heavy atom. The molecule has 122 valence electrons. The lowest BCUT2D eigenvalue weighted by atomic mass is 9.79. The molecule has 4 heteroatoms. The molecule has 23 heavy (non-hydrogen) atoms. The van der Waals surface area contributed by atoms with Gasteiger partial charge in [-0.25, -0.2) is 0 Å². The molecule has 0 spiro atoms. The van der Waals surface area contributed by atoms with E-state index in [2.05, 4.69) is 69.4 Å². The van der Waals surface area contributed by atoms with E-state index in [1.165, 1.54) is 5.56 Å². The van der Waals surface area contributed by atoms with Crippen LogP contribution in [0, 0.1) is 0 Å². The van der Waals surface area contributed by atoms with Gasteiger partial charge in [-0.1, -0.05) is 42.5 Å². The third-order valence-corrected chi connectivity index (χ3v) is 4.78. The molecule has 0 amide bonds. The molecular formula is C19H26BNO2. The van der Waals surface area contributed by atoms with Crippen LogP contribution < -0.4 is 10.8 Å². The van der Waals surface area contributed by atoms with Gasteiger partial charge in [0.05, 0.1) is 11.2 Å². The Morgan fingerprint density at radius 2 is 1.43 bits per heavy atom. The highest BCUT2D eigenvalue weighted by Gasteiger charge is 2.51. The van der Waals surface area contributed by atoms with E-state index < -0.39 is 0 Å². The number of hydrogen-bond acceptors (Lipinski definition) is 3. The summed E-state index contributed by atoms with van der Waals surface area (Å²) < 4.78 is 12.2. The predicted octanol–water partition coefficient (Wildman–Crippen LogP) is 3.84. The topological polar surface area (TPSA) is 30.5 Å². The van der Waals surface area contributed by atoms with Crippen molar-refractivity contribution in [3.63, 3.8) is 0 Å². The average molecular weight is 311 g/mol. The van der Waals surface area contributed by atoms with Crippen LogP contribution >= 0.6 is 0 Å². The summed E-state index contributed by atoms with van der Waals surface area (Å²) in [6.45, 7) is 9.10. The highest BCUT2D eigenvalue weighted by Crippen LogP contribution is 2.36. The number of rotatable bonds is 4. The van der Waals surface area contributed by atoms with Crippen LogP contribution in [0.1, 0.15) is 34.7 Å². The van der Waals surface area contributed by atoms with Crippen LogP contribution in [0.15, 0.2) is 54.6 Å². The Kier molecular flexibility index (Phi) is 4.22. The molecule has 1 aliphatic rings. The van der Waals surface area contributed by atoms with Crippen molar-refractivity contribution in [3.05, 3.63) is 60.2 Å². The number of benzene rings is 2. The SMILES string of the molecule is CC1(C)OB(c2ccc(CNc3ccccc3)cc2)OC1(C)C.[HH]. The summed E-state index contributed by atoms with van der Waals surface area (Å²) in [6, 6.07) is 18.6. The molecule has 0 radical (unpaired) electrons. The number of para-hydroxylation sites is 1. The monoisotopic (exact) mass is 311 g/mol. The van der Waals surface area contributed by atoms with Crippen LogP contribution in [-0.4, -0.2) is 18.3 Å². The second-order valence-electron chi connectivity index (χ2n) is 7.05. The van der Waals surface area contributed by atoms with Crippen LogP contribution in [0.3, 0.4) is 0 Å². The van der Waals surface area contributed by atoms with Gasteiger partial charge in [0.25, 0.3) is 0 Å². The highest BCUT2D eigenvalue weighted by atomic mass is 16.7. The maximum atomic E-state index is 6.08. The van der Waals surface area contributed by atoms with E-state index in [1.54, 1.807) is 0 Å². The van der Waals surface area contributed by atoms with Crippen LogP contribution in [0.2, 0.25) is 0 Å². The third-order valence-electron chi connectivity index (χ3n) is 4.78. The lowest BCUT2D eigenvalue weighted by Gasteiger charge is -2.32. The molecule has 0 bridgehead atoms. The summed E-state index contributed by atoms with van der Waals surface area (Å²) in [5.74, 6) is 0. The van der Waals surface area contributed by atoms with Crippen molar-refractivity contribution in [3.8, 4) is 0 Å². The lowest BCUT2D eigenvalue weighted by Crippen LogP contribution is -2.41. The normalized spacial score (nSPS) is 18.9. The molecule has 0 aromatic heterocycles. The Balaban J connectivity index is 0.00000208. The molecule has 1 aliphatic heterocycles. The fourth-order valence-corrected chi connectivity index (χ4v) is 2.53. The first-order valence-electron chi connectivity index (χ1n) is 8.11. The van der Waals surface area contributed by atoms with Crippen molar-refractivity contribution in [2.75, 3.05) is 5.32 Å². The zero-order valence-corrected chi connectivity index (χ0v) is 14.3. The van der Waals surface area contributed by atoms with Crippen molar-refractivity contribution in [1.82, 2.24) is 0 Å². The molecule has 2 aromatic rings. The third kappa shape index (κ3) is 3.43. The van der Waals surface area contributed by atoms with Crippen molar-refractivity contribution in [2.45, 2.75) is 45.4 Å². The molecular weight excluding hydrogens is 285 g/mol. The second-order valence-corrected chi connectivity index (χ2v) is 7.05. The van der Waals surface area contributed by atoms with Crippen molar-refractivity contribution in [2.24, 2.45) is 0 Å². The molecule has 2 aromatic carbocycles. The zero-order valence-electron chi connectivity index (χ0n) is 14.3. The van der Waals surface area contributed by atoms with E-state index in [-0.39, 0.29) is 19.7 Å². The van der Waals surface area contributed by atoms with Gasteiger partial charge < -0.3 is 14.6 Å². The van der Waals surface area contributed by atoms with Crippen molar-refractivity contribution >= 4 is 18.3 Å². The number of anilines is 1. The van der Waals surface area contributed by atoms with Gasteiger partial charge in [0.1, 0.15) is 0 Å². The first-order valence-corrected chi connectivity index (χ1v) is 8.11. The Hall–Kier alpha value is -1.78. The van der Waals surface area contributed by atoms with Crippen molar-refractivity contribution in [1.29, 1.82) is 0 Å². The average Bonchev–Trinajstić information content (AvgIpc) is 2.75. The molecule has 0 saturated carbocycles. The fraction of sp³-hybridized carbons (Fsp3) is 0.368. The summed E-state index contributed by atoms with van der Waals surface area (Å²) in [7, 11) is -0.295. The quantitative estimate of drug-likeness (QED) is 0.870. The summed E-state index contributed by atoms with van der Waals surface area (Å²) >= 11 is 0. The maximum Gasteiger partial charge on any atom is 0.494 e. The summed E-state index contributed by atoms with van der Waals surface area (Å²) in [6.07, 6.45) is 0. The van der Waals surface area contributed by atoms with E-state index in [4.69, 9.17) is 9.31 Å². The molecule has 1 saturated heterocycles. The van der Waals surface area contributed by atoms with Gasteiger partial charge in [-0.2, -0.15) is 0 Å². The van der Waals surface area contributed by atoms with E-state index in [9.17, 15) is 0 Å². The van der Waals surface area contributed by atoms with Gasteiger partial charge in [-0.15, -0.1) is 0 Å². The van der Waals surface area contributed by atoms with Crippen LogP contribution in [-0.2, 0) is 15.9 Å². The Bertz CT molecular complexity index is 643. The Labute approximate surface area is 140 Å². The van der Waals surface area contributed by atoms with Crippen LogP contribution in [0.4, 0.5) is 5.69 Å². The Morgan fingerprint density at radius 1 is 0.870 bits per heavy atom. The van der Waals surface area contributed by atoms with E-state index >= 15 is 0 Å². The van der Waals surface area contributed by atoms with Gasteiger partial charge in [-0.05, 0) is 50.9 Å². The minimum absolute atomic E-state index is 0. The molecule has 1 fully saturated rings. The zero-order chi connectivity index (χ0) is 16.5. The van der Waals surface area contributed by atoms with E-state index in [0.717, 1.165) is 17.7 Å². The maximum absolute atomic E-state index is 6.08. The number of nitrogens with one attached hydrogen (secondary N) is 1. The van der Waals surface area contributed by atoms with E-state index in [0.29, 0.717) is 0 Å². The second kappa shape index (κ2) is 6.02. The summed E-state index contributed by atoms with van der Waals surface area (Å²) in [4.78, 5) is 0. The van der Waals surface area contributed by atoms with E-state index in [1.807, 2.05) is 18.2 Å². The minimum Gasteiger partial charge on any atom is -0.399 e. The first kappa shape index (κ1) is 16.1.